The molecule has 1 rings (SSSR count). The summed E-state index contributed by atoms with van der Waals surface area (Å²) in [4.78, 5) is 0. The first-order chi connectivity index (χ1) is 6.80. The van der Waals surface area contributed by atoms with Crippen LogP contribution < -0.4 is 0 Å². The third-order valence-corrected chi connectivity index (χ3v) is 4.22. The zero-order chi connectivity index (χ0) is 11.6. The molecular formula is C14H28O. The summed E-state index contributed by atoms with van der Waals surface area (Å²) in [5, 5.41) is 9.45. The summed E-state index contributed by atoms with van der Waals surface area (Å²) in [6.45, 7) is 11.4. The van der Waals surface area contributed by atoms with Crippen LogP contribution in [0, 0.1) is 23.2 Å². The Kier molecular flexibility index (Phi) is 4.22. The van der Waals surface area contributed by atoms with E-state index in [-0.39, 0.29) is 6.10 Å². The van der Waals surface area contributed by atoms with E-state index in [1.807, 2.05) is 6.92 Å². The van der Waals surface area contributed by atoms with Gasteiger partial charge >= 0.3 is 0 Å². The van der Waals surface area contributed by atoms with Crippen molar-refractivity contribution in [2.45, 2.75) is 66.4 Å². The summed E-state index contributed by atoms with van der Waals surface area (Å²) in [5.74, 6) is 2.42. The molecule has 0 radical (unpaired) electrons. The zero-order valence-electron chi connectivity index (χ0n) is 11.1. The van der Waals surface area contributed by atoms with Gasteiger partial charge in [-0.05, 0) is 55.8 Å². The Bertz CT molecular complexity index is 190. The van der Waals surface area contributed by atoms with Crippen LogP contribution in [0.3, 0.4) is 0 Å². The first-order valence-corrected chi connectivity index (χ1v) is 6.48. The average Bonchev–Trinajstić information content (AvgIpc) is 2.05. The van der Waals surface area contributed by atoms with Crippen molar-refractivity contribution in [2.24, 2.45) is 23.2 Å². The molecule has 90 valence electrons. The molecular weight excluding hydrogens is 184 g/mol. The van der Waals surface area contributed by atoms with Crippen molar-refractivity contribution in [3.8, 4) is 0 Å². The lowest BCUT2D eigenvalue weighted by Gasteiger charge is -2.41. The van der Waals surface area contributed by atoms with Crippen molar-refractivity contribution in [2.75, 3.05) is 0 Å². The van der Waals surface area contributed by atoms with Crippen molar-refractivity contribution in [3.63, 3.8) is 0 Å². The van der Waals surface area contributed by atoms with Crippen LogP contribution >= 0.6 is 0 Å². The van der Waals surface area contributed by atoms with Crippen molar-refractivity contribution in [3.05, 3.63) is 0 Å². The van der Waals surface area contributed by atoms with Crippen molar-refractivity contribution < 1.29 is 5.11 Å². The standard InChI is InChI=1S/C14H28O/c1-10-8-13(14(3,4)5)7-6-12(10)9-11(2)15/h10-13,15H,6-9H2,1-5H3. The summed E-state index contributed by atoms with van der Waals surface area (Å²) < 4.78 is 0. The van der Waals surface area contributed by atoms with Crippen molar-refractivity contribution in [1.82, 2.24) is 0 Å². The fourth-order valence-corrected chi connectivity index (χ4v) is 3.03. The van der Waals surface area contributed by atoms with Gasteiger partial charge < -0.3 is 5.11 Å². The molecule has 4 unspecified atom stereocenters. The van der Waals surface area contributed by atoms with Crippen LogP contribution in [0.25, 0.3) is 0 Å². The fourth-order valence-electron chi connectivity index (χ4n) is 3.03. The van der Waals surface area contributed by atoms with Gasteiger partial charge in [0.05, 0.1) is 6.10 Å². The molecule has 1 N–H and O–H groups in total. The first kappa shape index (κ1) is 13.0. The van der Waals surface area contributed by atoms with Crippen LogP contribution in [0.5, 0.6) is 0 Å². The minimum Gasteiger partial charge on any atom is -0.393 e. The maximum Gasteiger partial charge on any atom is 0.0514 e. The first-order valence-electron chi connectivity index (χ1n) is 6.48. The molecule has 0 saturated heterocycles. The second-order valence-electron chi connectivity index (χ2n) is 6.70. The van der Waals surface area contributed by atoms with Gasteiger partial charge in [-0.3, -0.25) is 0 Å². The smallest absolute Gasteiger partial charge is 0.0514 e. The molecule has 15 heavy (non-hydrogen) atoms. The fraction of sp³-hybridized carbons (Fsp3) is 1.00. The zero-order valence-corrected chi connectivity index (χ0v) is 11.1. The van der Waals surface area contributed by atoms with Gasteiger partial charge in [-0.15, -0.1) is 0 Å². The van der Waals surface area contributed by atoms with Gasteiger partial charge in [-0.1, -0.05) is 27.7 Å². The quantitative estimate of drug-likeness (QED) is 0.737. The van der Waals surface area contributed by atoms with E-state index in [1.165, 1.54) is 19.3 Å². The Morgan fingerprint density at radius 3 is 2.27 bits per heavy atom. The second kappa shape index (κ2) is 4.86. The van der Waals surface area contributed by atoms with E-state index >= 15 is 0 Å². The number of aliphatic hydroxyl groups is 1. The van der Waals surface area contributed by atoms with Crippen LogP contribution in [0.2, 0.25) is 0 Å². The normalized spacial score (nSPS) is 35.2. The Morgan fingerprint density at radius 2 is 1.87 bits per heavy atom. The summed E-state index contributed by atoms with van der Waals surface area (Å²) in [7, 11) is 0. The Balaban J connectivity index is 2.48. The van der Waals surface area contributed by atoms with E-state index in [0.29, 0.717) is 5.41 Å². The van der Waals surface area contributed by atoms with Crippen LogP contribution in [-0.2, 0) is 0 Å². The lowest BCUT2D eigenvalue weighted by Crippen LogP contribution is -2.31. The van der Waals surface area contributed by atoms with Gasteiger partial charge in [0.2, 0.25) is 0 Å². The van der Waals surface area contributed by atoms with Crippen LogP contribution in [0.15, 0.2) is 0 Å². The van der Waals surface area contributed by atoms with Crippen LogP contribution in [0.4, 0.5) is 0 Å². The highest BCUT2D eigenvalue weighted by atomic mass is 16.3. The predicted octanol–water partition coefficient (Wildman–Crippen LogP) is 3.86. The van der Waals surface area contributed by atoms with Crippen molar-refractivity contribution >= 4 is 0 Å². The molecule has 0 aromatic heterocycles. The van der Waals surface area contributed by atoms with Crippen LogP contribution in [-0.4, -0.2) is 11.2 Å². The topological polar surface area (TPSA) is 20.2 Å². The summed E-state index contributed by atoms with van der Waals surface area (Å²) in [6, 6.07) is 0. The lowest BCUT2D eigenvalue weighted by molar-refractivity contribution is 0.0716. The Labute approximate surface area is 95.3 Å². The molecule has 0 spiro atoms. The van der Waals surface area contributed by atoms with Gasteiger partial charge in [-0.2, -0.15) is 0 Å². The molecule has 1 nitrogen and oxygen atoms in total. The molecule has 0 aromatic carbocycles. The average molecular weight is 212 g/mol. The Hall–Kier alpha value is -0.0400. The minimum absolute atomic E-state index is 0.122. The van der Waals surface area contributed by atoms with E-state index in [0.717, 1.165) is 24.2 Å². The second-order valence-corrected chi connectivity index (χ2v) is 6.70. The SMILES string of the molecule is CC(O)CC1CCC(C(C)(C)C)CC1C. The highest BCUT2D eigenvalue weighted by Gasteiger charge is 2.33. The molecule has 0 bridgehead atoms. The lowest BCUT2D eigenvalue weighted by atomic mass is 9.65. The number of hydrogen-bond donors (Lipinski definition) is 1. The van der Waals surface area contributed by atoms with E-state index in [4.69, 9.17) is 0 Å². The van der Waals surface area contributed by atoms with E-state index in [9.17, 15) is 5.11 Å². The number of hydrogen-bond acceptors (Lipinski definition) is 1. The van der Waals surface area contributed by atoms with Crippen molar-refractivity contribution in [1.29, 1.82) is 0 Å². The largest absolute Gasteiger partial charge is 0.393 e. The molecule has 0 heterocycles. The molecule has 4 atom stereocenters. The summed E-state index contributed by atoms with van der Waals surface area (Å²) in [6.07, 6.45) is 4.89. The van der Waals surface area contributed by atoms with E-state index in [1.54, 1.807) is 0 Å². The summed E-state index contributed by atoms with van der Waals surface area (Å²) >= 11 is 0. The molecule has 0 aliphatic heterocycles. The Morgan fingerprint density at radius 1 is 1.27 bits per heavy atom. The van der Waals surface area contributed by atoms with Gasteiger partial charge in [0.1, 0.15) is 0 Å². The van der Waals surface area contributed by atoms with Gasteiger partial charge in [-0.25, -0.2) is 0 Å². The molecule has 1 aliphatic rings. The summed E-state index contributed by atoms with van der Waals surface area (Å²) in [5.41, 5.74) is 0.462. The molecule has 0 amide bonds. The molecule has 1 heteroatoms. The molecule has 0 aromatic rings. The maximum absolute atomic E-state index is 9.45. The number of aliphatic hydroxyl groups excluding tert-OH is 1. The highest BCUT2D eigenvalue weighted by molar-refractivity contribution is 4.84. The highest BCUT2D eigenvalue weighted by Crippen LogP contribution is 2.43. The minimum atomic E-state index is -0.122. The predicted molar refractivity (Wildman–Crippen MR) is 65.7 cm³/mol. The molecule has 1 aliphatic carbocycles. The molecule has 1 saturated carbocycles. The molecule has 1 fully saturated rings. The van der Waals surface area contributed by atoms with E-state index in [2.05, 4.69) is 27.7 Å². The van der Waals surface area contributed by atoms with E-state index < -0.39 is 0 Å². The monoisotopic (exact) mass is 212 g/mol. The van der Waals surface area contributed by atoms with Gasteiger partial charge in [0.25, 0.3) is 0 Å². The maximum atomic E-state index is 9.45. The third kappa shape index (κ3) is 3.79. The van der Waals surface area contributed by atoms with Gasteiger partial charge in [0.15, 0.2) is 0 Å². The van der Waals surface area contributed by atoms with Crippen LogP contribution in [0.1, 0.15) is 60.3 Å². The third-order valence-electron chi connectivity index (χ3n) is 4.22. The van der Waals surface area contributed by atoms with Gasteiger partial charge in [0, 0.05) is 0 Å². The number of rotatable bonds is 2.